The first-order chi connectivity index (χ1) is 8.22. The molecule has 0 spiro atoms. The van der Waals surface area contributed by atoms with Gasteiger partial charge in [-0.1, -0.05) is 15.9 Å². The Bertz CT molecular complexity index is 436. The van der Waals surface area contributed by atoms with E-state index >= 15 is 0 Å². The summed E-state index contributed by atoms with van der Waals surface area (Å²) in [6, 6.07) is 4.69. The van der Waals surface area contributed by atoms with Crippen LogP contribution in [0.3, 0.4) is 0 Å². The van der Waals surface area contributed by atoms with E-state index < -0.39 is 0 Å². The lowest BCUT2D eigenvalue weighted by molar-refractivity contribution is 0.310. The van der Waals surface area contributed by atoms with Gasteiger partial charge in [0.25, 0.3) is 0 Å². The van der Waals surface area contributed by atoms with Crippen molar-refractivity contribution in [3.63, 3.8) is 0 Å². The van der Waals surface area contributed by atoms with Gasteiger partial charge in [-0.3, -0.25) is 4.90 Å². The quantitative estimate of drug-likeness (QED) is 0.906. The first-order valence-corrected chi connectivity index (χ1v) is 6.94. The highest BCUT2D eigenvalue weighted by atomic mass is 79.9. The molecule has 1 unspecified atom stereocenters. The summed E-state index contributed by atoms with van der Waals surface area (Å²) in [4.78, 5) is 2.41. The minimum Gasteiger partial charge on any atom is -0.493 e. The summed E-state index contributed by atoms with van der Waals surface area (Å²) in [5.41, 5.74) is 8.56. The van der Waals surface area contributed by atoms with Gasteiger partial charge in [0.15, 0.2) is 0 Å². The van der Waals surface area contributed by atoms with Crippen LogP contribution in [0.4, 0.5) is 0 Å². The summed E-state index contributed by atoms with van der Waals surface area (Å²) in [5.74, 6) is 1.11. The summed E-state index contributed by atoms with van der Waals surface area (Å²) in [7, 11) is 0. The molecule has 2 heterocycles. The average Bonchev–Trinajstić information content (AvgIpc) is 2.87. The molecule has 4 heteroatoms. The Morgan fingerprint density at radius 1 is 1.47 bits per heavy atom. The molecule has 1 fully saturated rings. The fraction of sp³-hybridized carbons (Fsp3) is 0.538. The maximum absolute atomic E-state index is 5.94. The van der Waals surface area contributed by atoms with Crippen molar-refractivity contribution in [2.75, 3.05) is 19.7 Å². The number of hydrogen-bond donors (Lipinski definition) is 1. The van der Waals surface area contributed by atoms with Crippen LogP contribution in [0, 0.1) is 0 Å². The van der Waals surface area contributed by atoms with E-state index in [1.54, 1.807) is 0 Å². The van der Waals surface area contributed by atoms with Crippen molar-refractivity contribution in [3.8, 4) is 5.75 Å². The largest absolute Gasteiger partial charge is 0.493 e. The minimum absolute atomic E-state index is 0.344. The number of rotatable bonds is 2. The SMILES string of the molecule is NC1CCN(Cc2cc(Br)cc3c2OCC3)C1. The highest BCUT2D eigenvalue weighted by molar-refractivity contribution is 9.10. The van der Waals surface area contributed by atoms with Gasteiger partial charge in [-0.25, -0.2) is 0 Å². The molecule has 2 aliphatic rings. The number of halogens is 1. The fourth-order valence-corrected chi connectivity index (χ4v) is 3.26. The molecule has 0 bridgehead atoms. The van der Waals surface area contributed by atoms with Gasteiger partial charge >= 0.3 is 0 Å². The summed E-state index contributed by atoms with van der Waals surface area (Å²) in [6.07, 6.45) is 2.14. The van der Waals surface area contributed by atoms with Gasteiger partial charge < -0.3 is 10.5 Å². The lowest BCUT2D eigenvalue weighted by Gasteiger charge is -2.17. The molecular weight excluding hydrogens is 280 g/mol. The second-order valence-corrected chi connectivity index (χ2v) is 5.85. The molecule has 3 rings (SSSR count). The molecule has 0 aromatic heterocycles. The summed E-state index contributed by atoms with van der Waals surface area (Å²) < 4.78 is 6.90. The third-order valence-corrected chi connectivity index (χ3v) is 3.99. The van der Waals surface area contributed by atoms with Crippen molar-refractivity contribution in [1.82, 2.24) is 4.90 Å². The summed E-state index contributed by atoms with van der Waals surface area (Å²) in [6.45, 7) is 3.87. The van der Waals surface area contributed by atoms with Crippen LogP contribution in [-0.2, 0) is 13.0 Å². The Morgan fingerprint density at radius 2 is 2.35 bits per heavy atom. The van der Waals surface area contributed by atoms with Gasteiger partial charge in [0.2, 0.25) is 0 Å². The maximum Gasteiger partial charge on any atom is 0.127 e. The van der Waals surface area contributed by atoms with Crippen LogP contribution in [0.15, 0.2) is 16.6 Å². The van der Waals surface area contributed by atoms with Crippen LogP contribution in [0.2, 0.25) is 0 Å². The van der Waals surface area contributed by atoms with Crippen LogP contribution in [0.1, 0.15) is 17.5 Å². The second kappa shape index (κ2) is 4.59. The average molecular weight is 297 g/mol. The third-order valence-electron chi connectivity index (χ3n) is 3.53. The van der Waals surface area contributed by atoms with Gasteiger partial charge in [-0.15, -0.1) is 0 Å². The van der Waals surface area contributed by atoms with E-state index in [0.29, 0.717) is 6.04 Å². The van der Waals surface area contributed by atoms with E-state index in [4.69, 9.17) is 10.5 Å². The number of likely N-dealkylation sites (tertiary alicyclic amines) is 1. The van der Waals surface area contributed by atoms with Crippen LogP contribution in [0.25, 0.3) is 0 Å². The molecule has 0 radical (unpaired) electrons. The Kier molecular flexibility index (Phi) is 3.11. The molecule has 1 aromatic rings. The summed E-state index contributed by atoms with van der Waals surface area (Å²) in [5, 5.41) is 0. The Morgan fingerprint density at radius 3 is 3.12 bits per heavy atom. The molecule has 92 valence electrons. The van der Waals surface area contributed by atoms with E-state index in [0.717, 1.165) is 49.3 Å². The number of benzene rings is 1. The zero-order valence-corrected chi connectivity index (χ0v) is 11.4. The molecule has 2 N–H and O–H groups in total. The van der Waals surface area contributed by atoms with Gasteiger partial charge in [0.05, 0.1) is 6.61 Å². The number of hydrogen-bond acceptors (Lipinski definition) is 3. The Labute approximate surface area is 110 Å². The molecule has 2 aliphatic heterocycles. The number of ether oxygens (including phenoxy) is 1. The van der Waals surface area contributed by atoms with Gasteiger partial charge in [-0.2, -0.15) is 0 Å². The van der Waals surface area contributed by atoms with Crippen molar-refractivity contribution >= 4 is 15.9 Å². The van der Waals surface area contributed by atoms with E-state index in [9.17, 15) is 0 Å². The highest BCUT2D eigenvalue weighted by Gasteiger charge is 2.23. The van der Waals surface area contributed by atoms with Gasteiger partial charge in [0, 0.05) is 42.1 Å². The van der Waals surface area contributed by atoms with Crippen molar-refractivity contribution in [3.05, 3.63) is 27.7 Å². The molecule has 17 heavy (non-hydrogen) atoms. The van der Waals surface area contributed by atoms with E-state index in [1.165, 1.54) is 11.1 Å². The number of nitrogens with two attached hydrogens (primary N) is 1. The molecule has 0 saturated carbocycles. The lowest BCUT2D eigenvalue weighted by atomic mass is 10.1. The predicted molar refractivity (Wildman–Crippen MR) is 71.2 cm³/mol. The molecular formula is C13H17BrN2O. The maximum atomic E-state index is 5.94. The second-order valence-electron chi connectivity index (χ2n) is 4.94. The smallest absolute Gasteiger partial charge is 0.127 e. The first kappa shape index (κ1) is 11.5. The van der Waals surface area contributed by atoms with Crippen LogP contribution < -0.4 is 10.5 Å². The number of fused-ring (bicyclic) bond motifs is 1. The van der Waals surface area contributed by atoms with Crippen LogP contribution >= 0.6 is 15.9 Å². The monoisotopic (exact) mass is 296 g/mol. The minimum atomic E-state index is 0.344. The highest BCUT2D eigenvalue weighted by Crippen LogP contribution is 2.34. The first-order valence-electron chi connectivity index (χ1n) is 6.14. The van der Waals surface area contributed by atoms with E-state index in [-0.39, 0.29) is 0 Å². The molecule has 0 aliphatic carbocycles. The molecule has 0 amide bonds. The molecule has 3 nitrogen and oxygen atoms in total. The van der Waals surface area contributed by atoms with E-state index in [2.05, 4.69) is 33.0 Å². The van der Waals surface area contributed by atoms with Crippen molar-refractivity contribution in [2.24, 2.45) is 5.73 Å². The van der Waals surface area contributed by atoms with Crippen LogP contribution in [0.5, 0.6) is 5.75 Å². The zero-order valence-electron chi connectivity index (χ0n) is 9.79. The molecule has 1 saturated heterocycles. The van der Waals surface area contributed by atoms with Crippen LogP contribution in [-0.4, -0.2) is 30.6 Å². The standard InChI is InChI=1S/C13H17BrN2O/c14-11-5-9-2-4-17-13(9)10(6-11)7-16-3-1-12(15)8-16/h5-6,12H,1-4,7-8,15H2. The van der Waals surface area contributed by atoms with Crippen molar-refractivity contribution in [1.29, 1.82) is 0 Å². The normalized spacial score (nSPS) is 23.8. The topological polar surface area (TPSA) is 38.5 Å². The van der Waals surface area contributed by atoms with Gasteiger partial charge in [0.1, 0.15) is 5.75 Å². The molecule has 1 aromatic carbocycles. The van der Waals surface area contributed by atoms with Crippen molar-refractivity contribution in [2.45, 2.75) is 25.4 Å². The van der Waals surface area contributed by atoms with Gasteiger partial charge in [-0.05, 0) is 24.1 Å². The third kappa shape index (κ3) is 2.34. The lowest BCUT2D eigenvalue weighted by Crippen LogP contribution is -2.26. The van der Waals surface area contributed by atoms with Crippen molar-refractivity contribution < 1.29 is 4.74 Å². The predicted octanol–water partition coefficient (Wildman–Crippen LogP) is 1.92. The Balaban J connectivity index is 1.83. The fourth-order valence-electron chi connectivity index (χ4n) is 2.71. The zero-order chi connectivity index (χ0) is 11.8. The summed E-state index contributed by atoms with van der Waals surface area (Å²) >= 11 is 3.58. The Hall–Kier alpha value is -0.580. The van der Waals surface area contributed by atoms with E-state index in [1.807, 2.05) is 0 Å². The number of nitrogens with zero attached hydrogens (tertiary/aromatic N) is 1. The molecule has 1 atom stereocenters.